The first-order chi connectivity index (χ1) is 9.88. The van der Waals surface area contributed by atoms with E-state index in [2.05, 4.69) is 4.90 Å². The molecule has 0 aromatic heterocycles. The minimum Gasteiger partial charge on any atom is -0.465 e. The van der Waals surface area contributed by atoms with Crippen molar-refractivity contribution in [2.24, 2.45) is 0 Å². The van der Waals surface area contributed by atoms with E-state index in [9.17, 15) is 18.7 Å². The number of carbonyl (C=O) groups is 1. The molecule has 0 atom stereocenters. The zero-order valence-electron chi connectivity index (χ0n) is 11.7. The molecule has 0 unspecified atom stereocenters. The van der Waals surface area contributed by atoms with Gasteiger partial charge in [0.25, 0.3) is 0 Å². The van der Waals surface area contributed by atoms with Gasteiger partial charge in [-0.2, -0.15) is 0 Å². The Balaban J connectivity index is 2.19. The summed E-state index contributed by atoms with van der Waals surface area (Å²) in [6.45, 7) is 1.22. The number of likely N-dealkylation sites (tertiary alicyclic amines) is 1. The van der Waals surface area contributed by atoms with Crippen LogP contribution >= 0.6 is 11.6 Å². The summed E-state index contributed by atoms with van der Waals surface area (Å²) in [5.74, 6) is -1.64. The highest BCUT2D eigenvalue weighted by Crippen LogP contribution is 2.24. The van der Waals surface area contributed by atoms with Gasteiger partial charge in [0.2, 0.25) is 0 Å². The van der Waals surface area contributed by atoms with Crippen LogP contribution in [0.5, 0.6) is 0 Å². The fourth-order valence-electron chi connectivity index (χ4n) is 2.55. The summed E-state index contributed by atoms with van der Waals surface area (Å²) in [6.07, 6.45) is 0.137. The number of carboxylic acid groups (broad SMARTS) is 1. The van der Waals surface area contributed by atoms with Crippen molar-refractivity contribution in [1.82, 2.24) is 9.80 Å². The maximum atomic E-state index is 13.8. The largest absolute Gasteiger partial charge is 0.465 e. The van der Waals surface area contributed by atoms with Crippen molar-refractivity contribution in [3.05, 3.63) is 34.4 Å². The highest BCUT2D eigenvalue weighted by Gasteiger charge is 2.28. The van der Waals surface area contributed by atoms with Crippen molar-refractivity contribution in [1.29, 1.82) is 0 Å². The normalized spacial score (nSPS) is 17.0. The third kappa shape index (κ3) is 3.83. The average molecular weight is 319 g/mol. The molecular formula is C14H17ClF2N2O2. The highest BCUT2D eigenvalue weighted by atomic mass is 35.5. The van der Waals surface area contributed by atoms with E-state index in [0.29, 0.717) is 12.8 Å². The van der Waals surface area contributed by atoms with Gasteiger partial charge in [-0.25, -0.2) is 13.6 Å². The van der Waals surface area contributed by atoms with Crippen molar-refractivity contribution >= 4 is 17.7 Å². The van der Waals surface area contributed by atoms with Gasteiger partial charge in [-0.15, -0.1) is 0 Å². The van der Waals surface area contributed by atoms with E-state index in [1.54, 1.807) is 0 Å². The van der Waals surface area contributed by atoms with Crippen LogP contribution in [0.15, 0.2) is 12.1 Å². The molecule has 116 valence electrons. The van der Waals surface area contributed by atoms with Crippen LogP contribution in [-0.2, 0) is 6.54 Å². The molecule has 1 fully saturated rings. The van der Waals surface area contributed by atoms with E-state index < -0.39 is 17.7 Å². The number of benzene rings is 1. The minimum absolute atomic E-state index is 0.0464. The number of rotatable bonds is 3. The lowest BCUT2D eigenvalue weighted by atomic mass is 10.0. The smallest absolute Gasteiger partial charge is 0.407 e. The van der Waals surface area contributed by atoms with Crippen LogP contribution in [0.3, 0.4) is 0 Å². The minimum atomic E-state index is -1.17. The fraction of sp³-hybridized carbons (Fsp3) is 0.500. The monoisotopic (exact) mass is 318 g/mol. The highest BCUT2D eigenvalue weighted by molar-refractivity contribution is 6.30. The van der Waals surface area contributed by atoms with Crippen LogP contribution in [0.2, 0.25) is 5.02 Å². The van der Waals surface area contributed by atoms with E-state index in [1.807, 2.05) is 7.05 Å². The van der Waals surface area contributed by atoms with Gasteiger partial charge in [-0.3, -0.25) is 0 Å². The van der Waals surface area contributed by atoms with Crippen LogP contribution < -0.4 is 0 Å². The van der Waals surface area contributed by atoms with Gasteiger partial charge in [0, 0.05) is 16.6 Å². The predicted molar refractivity (Wildman–Crippen MR) is 75.5 cm³/mol. The Morgan fingerprint density at radius 1 is 1.38 bits per heavy atom. The summed E-state index contributed by atoms with van der Waals surface area (Å²) in [5.41, 5.74) is -0.263. The van der Waals surface area contributed by atoms with Gasteiger partial charge in [-0.05, 0) is 45.1 Å². The number of amides is 1. The van der Waals surface area contributed by atoms with Gasteiger partial charge >= 0.3 is 6.09 Å². The van der Waals surface area contributed by atoms with Crippen LogP contribution in [0, 0.1) is 11.6 Å². The molecule has 0 aliphatic carbocycles. The zero-order valence-corrected chi connectivity index (χ0v) is 12.4. The molecule has 0 radical (unpaired) electrons. The quantitative estimate of drug-likeness (QED) is 0.931. The Kier molecular flexibility index (Phi) is 5.00. The van der Waals surface area contributed by atoms with E-state index in [0.717, 1.165) is 30.1 Å². The lowest BCUT2D eigenvalue weighted by molar-refractivity contribution is 0.0915. The summed E-state index contributed by atoms with van der Waals surface area (Å²) < 4.78 is 27.6. The molecular weight excluding hydrogens is 302 g/mol. The zero-order chi connectivity index (χ0) is 15.6. The standard InChI is InChI=1S/C14H17ClF2N2O2/c1-18-4-2-10(3-5-18)19(14(20)21)8-11-12(16)6-9(15)7-13(11)17/h6-7,10H,2-5,8H2,1H3,(H,20,21). The number of piperidine rings is 1. The number of halogens is 3. The van der Waals surface area contributed by atoms with Crippen LogP contribution in [0.25, 0.3) is 0 Å². The molecule has 0 spiro atoms. The van der Waals surface area contributed by atoms with Gasteiger partial charge < -0.3 is 14.9 Å². The molecule has 7 heteroatoms. The second-order valence-electron chi connectivity index (χ2n) is 5.29. The van der Waals surface area contributed by atoms with Crippen LogP contribution in [-0.4, -0.2) is 47.2 Å². The third-order valence-electron chi connectivity index (χ3n) is 3.81. The summed E-state index contributed by atoms with van der Waals surface area (Å²) in [5, 5.41) is 9.28. The van der Waals surface area contributed by atoms with Crippen molar-refractivity contribution in [2.45, 2.75) is 25.4 Å². The predicted octanol–water partition coefficient (Wildman–Crippen LogP) is 3.19. The molecule has 1 aromatic carbocycles. The lowest BCUT2D eigenvalue weighted by Gasteiger charge is -2.35. The third-order valence-corrected chi connectivity index (χ3v) is 4.03. The first kappa shape index (κ1) is 16.0. The summed E-state index contributed by atoms with van der Waals surface area (Å²) >= 11 is 5.57. The Labute approximate surface area is 126 Å². The number of hydrogen-bond donors (Lipinski definition) is 1. The van der Waals surface area contributed by atoms with Gasteiger partial charge in [0.15, 0.2) is 0 Å². The topological polar surface area (TPSA) is 43.8 Å². The molecule has 2 rings (SSSR count). The molecule has 4 nitrogen and oxygen atoms in total. The molecule has 21 heavy (non-hydrogen) atoms. The Bertz CT molecular complexity index is 511. The SMILES string of the molecule is CN1CCC(N(Cc2c(F)cc(Cl)cc2F)C(=O)O)CC1. The van der Waals surface area contributed by atoms with Crippen LogP contribution in [0.1, 0.15) is 18.4 Å². The molecule has 1 heterocycles. The molecule has 1 saturated heterocycles. The number of hydrogen-bond acceptors (Lipinski definition) is 2. The molecule has 0 bridgehead atoms. The van der Waals surface area contributed by atoms with E-state index in [-0.39, 0.29) is 23.2 Å². The number of nitrogens with zero attached hydrogens (tertiary/aromatic N) is 2. The maximum absolute atomic E-state index is 13.8. The van der Waals surface area contributed by atoms with E-state index in [4.69, 9.17) is 11.6 Å². The van der Waals surface area contributed by atoms with Gasteiger partial charge in [-0.1, -0.05) is 11.6 Å². The van der Waals surface area contributed by atoms with Crippen molar-refractivity contribution in [3.63, 3.8) is 0 Å². The molecule has 0 saturated carbocycles. The van der Waals surface area contributed by atoms with Crippen molar-refractivity contribution in [3.8, 4) is 0 Å². The van der Waals surface area contributed by atoms with E-state index >= 15 is 0 Å². The summed E-state index contributed by atoms with van der Waals surface area (Å²) in [7, 11) is 1.96. The average Bonchev–Trinajstić information content (AvgIpc) is 2.39. The molecule has 1 aliphatic heterocycles. The molecule has 1 N–H and O–H groups in total. The lowest BCUT2D eigenvalue weighted by Crippen LogP contribution is -2.45. The summed E-state index contributed by atoms with van der Waals surface area (Å²) in [4.78, 5) is 14.6. The summed E-state index contributed by atoms with van der Waals surface area (Å²) in [6, 6.07) is 1.76. The Morgan fingerprint density at radius 2 is 1.90 bits per heavy atom. The van der Waals surface area contributed by atoms with Crippen molar-refractivity contribution in [2.75, 3.05) is 20.1 Å². The maximum Gasteiger partial charge on any atom is 0.407 e. The van der Waals surface area contributed by atoms with Crippen molar-refractivity contribution < 1.29 is 18.7 Å². The molecule has 1 amide bonds. The van der Waals surface area contributed by atoms with Gasteiger partial charge in [0.1, 0.15) is 11.6 Å². The Morgan fingerprint density at radius 3 is 2.38 bits per heavy atom. The second kappa shape index (κ2) is 6.58. The molecule has 1 aliphatic rings. The van der Waals surface area contributed by atoms with E-state index in [1.165, 1.54) is 0 Å². The Hall–Kier alpha value is -1.40. The van der Waals surface area contributed by atoms with Crippen LogP contribution in [0.4, 0.5) is 13.6 Å². The first-order valence-corrected chi connectivity index (χ1v) is 7.08. The fourth-order valence-corrected chi connectivity index (χ4v) is 2.74. The molecule has 1 aromatic rings. The second-order valence-corrected chi connectivity index (χ2v) is 5.73. The van der Waals surface area contributed by atoms with Gasteiger partial charge in [0.05, 0.1) is 6.54 Å². The first-order valence-electron chi connectivity index (χ1n) is 6.70.